The topological polar surface area (TPSA) is 43.1 Å². The monoisotopic (exact) mass is 224 g/mol. The Hall–Kier alpha value is -2.23. The summed E-state index contributed by atoms with van der Waals surface area (Å²) in [5, 5.41) is 0. The summed E-state index contributed by atoms with van der Waals surface area (Å²) in [6.07, 6.45) is 5.40. The summed E-state index contributed by atoms with van der Waals surface area (Å²) >= 11 is 0. The van der Waals surface area contributed by atoms with Crippen LogP contribution in [0.15, 0.2) is 36.8 Å². The maximum atomic E-state index is 4.43. The lowest BCUT2D eigenvalue weighted by molar-refractivity contribution is 1.06. The van der Waals surface area contributed by atoms with E-state index in [9.17, 15) is 0 Å². The molecule has 3 aromatic heterocycles. The van der Waals surface area contributed by atoms with Gasteiger partial charge in [-0.3, -0.25) is 9.38 Å². The molecule has 0 amide bonds. The van der Waals surface area contributed by atoms with E-state index in [4.69, 9.17) is 0 Å². The number of nitrogens with zero attached hydrogens (tertiary/aromatic N) is 4. The van der Waals surface area contributed by atoms with Crippen LogP contribution in [0.5, 0.6) is 0 Å². The van der Waals surface area contributed by atoms with E-state index in [1.165, 1.54) is 0 Å². The van der Waals surface area contributed by atoms with Gasteiger partial charge in [0.1, 0.15) is 0 Å². The number of pyridine rings is 1. The number of hydrogen-bond acceptors (Lipinski definition) is 3. The van der Waals surface area contributed by atoms with Gasteiger partial charge in [0.2, 0.25) is 5.78 Å². The van der Waals surface area contributed by atoms with E-state index in [1.54, 1.807) is 12.4 Å². The van der Waals surface area contributed by atoms with E-state index < -0.39 is 0 Å². The van der Waals surface area contributed by atoms with Gasteiger partial charge in [-0.25, -0.2) is 9.97 Å². The smallest absolute Gasteiger partial charge is 0.234 e. The van der Waals surface area contributed by atoms with E-state index >= 15 is 0 Å². The van der Waals surface area contributed by atoms with Crippen molar-refractivity contribution >= 4 is 5.78 Å². The average Bonchev–Trinajstić information content (AvgIpc) is 2.66. The molecule has 84 valence electrons. The molecule has 0 spiro atoms. The van der Waals surface area contributed by atoms with Crippen LogP contribution in [-0.4, -0.2) is 19.4 Å². The second-order valence-electron chi connectivity index (χ2n) is 3.99. The van der Waals surface area contributed by atoms with E-state index in [2.05, 4.69) is 26.3 Å². The summed E-state index contributed by atoms with van der Waals surface area (Å²) in [6.45, 7) is 4.05. The molecule has 0 radical (unpaired) electrons. The zero-order valence-corrected chi connectivity index (χ0v) is 9.75. The van der Waals surface area contributed by atoms with Crippen LogP contribution in [0.2, 0.25) is 0 Å². The molecule has 0 saturated heterocycles. The molecule has 0 fully saturated rings. The molecule has 17 heavy (non-hydrogen) atoms. The van der Waals surface area contributed by atoms with Crippen LogP contribution < -0.4 is 0 Å². The molecule has 0 bridgehead atoms. The second-order valence-corrected chi connectivity index (χ2v) is 3.99. The Morgan fingerprint density at radius 2 is 2.00 bits per heavy atom. The molecule has 0 saturated carbocycles. The third-order valence-corrected chi connectivity index (χ3v) is 2.95. The van der Waals surface area contributed by atoms with Gasteiger partial charge in [-0.05, 0) is 32.0 Å². The average molecular weight is 224 g/mol. The maximum Gasteiger partial charge on any atom is 0.234 e. The standard InChI is InChI=1S/C13H12N4/c1-9-10(2)17-12(5-7-15-13(17)16-9)11-4-3-6-14-8-11/h3-8H,1-2H3. The van der Waals surface area contributed by atoms with Crippen molar-refractivity contribution in [1.29, 1.82) is 0 Å². The van der Waals surface area contributed by atoms with E-state index in [0.29, 0.717) is 0 Å². The molecule has 0 aromatic carbocycles. The lowest BCUT2D eigenvalue weighted by Gasteiger charge is -2.05. The predicted octanol–water partition coefficient (Wildman–Crippen LogP) is 2.41. The summed E-state index contributed by atoms with van der Waals surface area (Å²) in [5.74, 6) is 0.737. The molecule has 0 aliphatic carbocycles. The second kappa shape index (κ2) is 3.66. The highest BCUT2D eigenvalue weighted by Crippen LogP contribution is 2.21. The molecule has 4 nitrogen and oxygen atoms in total. The van der Waals surface area contributed by atoms with Crippen molar-refractivity contribution in [3.8, 4) is 11.3 Å². The van der Waals surface area contributed by atoms with Gasteiger partial charge in [-0.1, -0.05) is 0 Å². The highest BCUT2D eigenvalue weighted by atomic mass is 15.1. The fourth-order valence-corrected chi connectivity index (χ4v) is 1.96. The molecule has 0 N–H and O–H groups in total. The predicted molar refractivity (Wildman–Crippen MR) is 65.7 cm³/mol. The van der Waals surface area contributed by atoms with Crippen LogP contribution in [0.25, 0.3) is 17.0 Å². The Morgan fingerprint density at radius 1 is 1.12 bits per heavy atom. The van der Waals surface area contributed by atoms with Crippen LogP contribution >= 0.6 is 0 Å². The number of rotatable bonds is 1. The van der Waals surface area contributed by atoms with Gasteiger partial charge in [0.15, 0.2) is 0 Å². The van der Waals surface area contributed by atoms with Gasteiger partial charge in [-0.2, -0.15) is 0 Å². The summed E-state index contributed by atoms with van der Waals surface area (Å²) in [4.78, 5) is 12.9. The van der Waals surface area contributed by atoms with Gasteiger partial charge in [0, 0.05) is 29.8 Å². The molecule has 0 aliphatic heterocycles. The quantitative estimate of drug-likeness (QED) is 0.637. The third-order valence-electron chi connectivity index (χ3n) is 2.95. The van der Waals surface area contributed by atoms with Gasteiger partial charge in [0.25, 0.3) is 0 Å². The van der Waals surface area contributed by atoms with Gasteiger partial charge < -0.3 is 0 Å². The fraction of sp³-hybridized carbons (Fsp3) is 0.154. The zero-order chi connectivity index (χ0) is 11.8. The zero-order valence-electron chi connectivity index (χ0n) is 9.75. The summed E-state index contributed by atoms with van der Waals surface area (Å²) < 4.78 is 2.06. The minimum absolute atomic E-state index is 0.737. The molecular formula is C13H12N4. The van der Waals surface area contributed by atoms with Crippen molar-refractivity contribution in [3.63, 3.8) is 0 Å². The van der Waals surface area contributed by atoms with Gasteiger partial charge in [0.05, 0.1) is 11.4 Å². The minimum atomic E-state index is 0.737. The molecule has 3 aromatic rings. The molecule has 4 heteroatoms. The Labute approximate surface area is 99.0 Å². The highest BCUT2D eigenvalue weighted by molar-refractivity contribution is 5.61. The van der Waals surface area contributed by atoms with Crippen molar-refractivity contribution in [2.24, 2.45) is 0 Å². The van der Waals surface area contributed by atoms with Crippen molar-refractivity contribution in [2.75, 3.05) is 0 Å². The molecule has 3 heterocycles. The molecular weight excluding hydrogens is 212 g/mol. The Balaban J connectivity index is 2.37. The van der Waals surface area contributed by atoms with Crippen LogP contribution in [0.4, 0.5) is 0 Å². The van der Waals surface area contributed by atoms with Crippen LogP contribution in [0, 0.1) is 13.8 Å². The van der Waals surface area contributed by atoms with E-state index in [0.717, 1.165) is 28.4 Å². The van der Waals surface area contributed by atoms with Crippen LogP contribution in [0.1, 0.15) is 11.4 Å². The van der Waals surface area contributed by atoms with E-state index in [-0.39, 0.29) is 0 Å². The third kappa shape index (κ3) is 1.49. The molecule has 0 unspecified atom stereocenters. The fourth-order valence-electron chi connectivity index (χ4n) is 1.96. The normalized spacial score (nSPS) is 10.9. The first kappa shape index (κ1) is 9.96. The number of aryl methyl sites for hydroxylation is 2. The number of imidazole rings is 1. The van der Waals surface area contributed by atoms with Gasteiger partial charge in [-0.15, -0.1) is 0 Å². The first-order chi connectivity index (χ1) is 8.27. The van der Waals surface area contributed by atoms with Crippen molar-refractivity contribution in [2.45, 2.75) is 13.8 Å². The maximum absolute atomic E-state index is 4.43. The lowest BCUT2D eigenvalue weighted by Crippen LogP contribution is -1.96. The van der Waals surface area contributed by atoms with Gasteiger partial charge >= 0.3 is 0 Å². The number of aromatic nitrogens is 4. The summed E-state index contributed by atoms with van der Waals surface area (Å²) in [6, 6.07) is 5.95. The molecule has 3 rings (SSSR count). The number of fused-ring (bicyclic) bond motifs is 1. The first-order valence-corrected chi connectivity index (χ1v) is 5.48. The Bertz CT molecular complexity index is 670. The van der Waals surface area contributed by atoms with Crippen LogP contribution in [-0.2, 0) is 0 Å². The Kier molecular flexibility index (Phi) is 2.14. The minimum Gasteiger partial charge on any atom is -0.281 e. The summed E-state index contributed by atoms with van der Waals surface area (Å²) in [5.41, 5.74) is 4.27. The van der Waals surface area contributed by atoms with Crippen LogP contribution in [0.3, 0.4) is 0 Å². The molecule has 0 atom stereocenters. The summed E-state index contributed by atoms with van der Waals surface area (Å²) in [7, 11) is 0. The SMILES string of the molecule is Cc1nc2nccc(-c3cccnc3)n2c1C. The van der Waals surface area contributed by atoms with Crippen molar-refractivity contribution < 1.29 is 0 Å². The first-order valence-electron chi connectivity index (χ1n) is 5.48. The largest absolute Gasteiger partial charge is 0.281 e. The van der Waals surface area contributed by atoms with E-state index in [1.807, 2.05) is 31.3 Å². The lowest BCUT2D eigenvalue weighted by atomic mass is 10.2. The number of hydrogen-bond donors (Lipinski definition) is 0. The highest BCUT2D eigenvalue weighted by Gasteiger charge is 2.10. The van der Waals surface area contributed by atoms with Crippen molar-refractivity contribution in [1.82, 2.24) is 19.4 Å². The Morgan fingerprint density at radius 3 is 2.76 bits per heavy atom. The van der Waals surface area contributed by atoms with Crippen molar-refractivity contribution in [3.05, 3.63) is 48.2 Å². The molecule has 0 aliphatic rings.